The minimum absolute atomic E-state index is 0.0797. The summed E-state index contributed by atoms with van der Waals surface area (Å²) in [5, 5.41) is 0. The average Bonchev–Trinajstić information content (AvgIpc) is 3.29. The molecule has 9 heteroatoms. The average molecular weight is 380 g/mol. The number of alkyl halides is 4. The normalized spacial score (nSPS) is 27.0. The highest BCUT2D eigenvalue weighted by Crippen LogP contribution is 2.41. The lowest BCUT2D eigenvalue weighted by atomic mass is 9.78. The van der Waals surface area contributed by atoms with Gasteiger partial charge in [0.1, 0.15) is 13.2 Å². The van der Waals surface area contributed by atoms with Crippen molar-refractivity contribution in [1.82, 2.24) is 9.80 Å². The molecule has 0 bridgehead atoms. The van der Waals surface area contributed by atoms with E-state index in [0.29, 0.717) is 25.3 Å². The van der Waals surface area contributed by atoms with Crippen LogP contribution in [0, 0.1) is 11.3 Å². The van der Waals surface area contributed by atoms with Crippen molar-refractivity contribution in [3.63, 3.8) is 0 Å². The first-order chi connectivity index (χ1) is 12.2. The summed E-state index contributed by atoms with van der Waals surface area (Å²) in [6, 6.07) is 0. The molecule has 3 rings (SSSR count). The maximum atomic E-state index is 12.9. The summed E-state index contributed by atoms with van der Waals surface area (Å²) < 4.78 is 54.3. The van der Waals surface area contributed by atoms with Crippen LogP contribution in [0.4, 0.5) is 17.6 Å². The first-order valence-electron chi connectivity index (χ1n) is 9.04. The number of rotatable bonds is 7. The van der Waals surface area contributed by atoms with Gasteiger partial charge in [0.2, 0.25) is 11.8 Å². The maximum absolute atomic E-state index is 12.9. The second-order valence-electron chi connectivity index (χ2n) is 7.70. The fourth-order valence-corrected chi connectivity index (χ4v) is 3.83. The molecule has 1 saturated carbocycles. The van der Waals surface area contributed by atoms with Crippen LogP contribution in [0.5, 0.6) is 0 Å². The molecule has 148 valence electrons. The van der Waals surface area contributed by atoms with E-state index >= 15 is 0 Å². The number of piperidine rings is 1. The predicted octanol–water partition coefficient (Wildman–Crippen LogP) is 2.15. The Kier molecular flexibility index (Phi) is 5.46. The molecule has 0 radical (unpaired) electrons. The van der Waals surface area contributed by atoms with Gasteiger partial charge in [0.05, 0.1) is 5.41 Å². The third kappa shape index (κ3) is 4.13. The van der Waals surface area contributed by atoms with Crippen molar-refractivity contribution in [2.75, 3.05) is 39.4 Å². The van der Waals surface area contributed by atoms with Crippen LogP contribution in [0.2, 0.25) is 0 Å². The predicted molar refractivity (Wildman–Crippen MR) is 83.9 cm³/mol. The third-order valence-corrected chi connectivity index (χ3v) is 5.55. The molecule has 0 aromatic heterocycles. The summed E-state index contributed by atoms with van der Waals surface area (Å²) >= 11 is 0. The fourth-order valence-electron chi connectivity index (χ4n) is 3.83. The second-order valence-corrected chi connectivity index (χ2v) is 7.70. The Labute approximate surface area is 149 Å². The van der Waals surface area contributed by atoms with Gasteiger partial charge in [0, 0.05) is 26.2 Å². The van der Waals surface area contributed by atoms with E-state index in [0.717, 1.165) is 32.4 Å². The summed E-state index contributed by atoms with van der Waals surface area (Å²) in [4.78, 5) is 28.3. The molecule has 2 aliphatic heterocycles. The topological polar surface area (TPSA) is 49.9 Å². The maximum Gasteiger partial charge on any atom is 0.330 e. The highest BCUT2D eigenvalue weighted by molar-refractivity contribution is 5.86. The number of hydrogen-bond acceptors (Lipinski definition) is 3. The van der Waals surface area contributed by atoms with E-state index in [1.165, 1.54) is 4.90 Å². The molecule has 3 aliphatic rings. The lowest BCUT2D eigenvalue weighted by Gasteiger charge is -2.39. The van der Waals surface area contributed by atoms with Gasteiger partial charge < -0.3 is 14.5 Å². The quantitative estimate of drug-likeness (QED) is 0.636. The second kappa shape index (κ2) is 7.32. The van der Waals surface area contributed by atoms with E-state index < -0.39 is 36.9 Å². The van der Waals surface area contributed by atoms with Gasteiger partial charge in [-0.2, -0.15) is 8.78 Å². The molecular formula is C17H24F4N2O3. The van der Waals surface area contributed by atoms with Crippen LogP contribution in [0.25, 0.3) is 0 Å². The summed E-state index contributed by atoms with van der Waals surface area (Å²) in [5.74, 6) is -4.14. The molecule has 0 aromatic carbocycles. The smallest absolute Gasteiger partial charge is 0.330 e. The van der Waals surface area contributed by atoms with Gasteiger partial charge in [-0.25, -0.2) is 8.78 Å². The number of likely N-dealkylation sites (tertiary alicyclic amines) is 2. The van der Waals surface area contributed by atoms with E-state index in [4.69, 9.17) is 0 Å². The van der Waals surface area contributed by atoms with Crippen LogP contribution in [0.15, 0.2) is 0 Å². The van der Waals surface area contributed by atoms with Crippen LogP contribution >= 0.6 is 0 Å². The Morgan fingerprint density at radius 1 is 1.27 bits per heavy atom. The van der Waals surface area contributed by atoms with Crippen LogP contribution in [-0.2, 0) is 14.3 Å². The first kappa shape index (κ1) is 19.4. The van der Waals surface area contributed by atoms with Crippen molar-refractivity contribution in [2.45, 2.75) is 44.5 Å². The van der Waals surface area contributed by atoms with Crippen LogP contribution in [-0.4, -0.2) is 73.4 Å². The first-order valence-corrected chi connectivity index (χ1v) is 9.04. The molecule has 1 aliphatic carbocycles. The number of halogens is 4. The molecule has 2 heterocycles. The number of carbonyl (C=O) groups is 2. The SMILES string of the molecule is O=C(COCC(F)(F)C(F)F)N1CC[C@]2(CCCN(CC3CC3)C2=O)C1. The lowest BCUT2D eigenvalue weighted by Crippen LogP contribution is -2.51. The number of carbonyl (C=O) groups excluding carboxylic acids is 2. The zero-order chi connectivity index (χ0) is 18.9. The fraction of sp³-hybridized carbons (Fsp3) is 0.882. The van der Waals surface area contributed by atoms with E-state index in [1.807, 2.05) is 4.90 Å². The molecule has 3 fully saturated rings. The highest BCUT2D eigenvalue weighted by Gasteiger charge is 2.50. The van der Waals surface area contributed by atoms with E-state index in [1.54, 1.807) is 0 Å². The standard InChI is InChI=1S/C17H24F4N2O3/c18-14(19)17(20,21)11-26-9-13(24)23-7-5-16(10-23)4-1-6-22(15(16)25)8-12-2-3-12/h12,14H,1-11H2/t16-/m1/s1. The van der Waals surface area contributed by atoms with Crippen molar-refractivity contribution < 1.29 is 31.9 Å². The van der Waals surface area contributed by atoms with Crippen molar-refractivity contribution >= 4 is 11.8 Å². The Bertz CT molecular complexity index is 556. The summed E-state index contributed by atoms with van der Waals surface area (Å²) in [5.41, 5.74) is -0.588. The van der Waals surface area contributed by atoms with Crippen molar-refractivity contribution in [2.24, 2.45) is 11.3 Å². The summed E-state index contributed by atoms with van der Waals surface area (Å²) in [7, 11) is 0. The molecule has 1 spiro atoms. The van der Waals surface area contributed by atoms with E-state index in [9.17, 15) is 27.2 Å². The number of hydrogen-bond donors (Lipinski definition) is 0. The zero-order valence-electron chi connectivity index (χ0n) is 14.6. The molecule has 1 atom stereocenters. The number of nitrogens with zero attached hydrogens (tertiary/aromatic N) is 2. The molecule has 0 unspecified atom stereocenters. The monoisotopic (exact) mass is 380 g/mol. The molecule has 2 saturated heterocycles. The largest absolute Gasteiger partial charge is 0.365 e. The van der Waals surface area contributed by atoms with Crippen molar-refractivity contribution in [3.8, 4) is 0 Å². The van der Waals surface area contributed by atoms with Crippen molar-refractivity contribution in [1.29, 1.82) is 0 Å². The minimum Gasteiger partial charge on any atom is -0.365 e. The highest BCUT2D eigenvalue weighted by atomic mass is 19.3. The van der Waals surface area contributed by atoms with Gasteiger partial charge >= 0.3 is 12.3 Å². The number of ether oxygens (including phenoxy) is 1. The van der Waals surface area contributed by atoms with Crippen LogP contribution in [0.3, 0.4) is 0 Å². The van der Waals surface area contributed by atoms with Gasteiger partial charge in [-0.15, -0.1) is 0 Å². The Hall–Kier alpha value is -1.38. The Morgan fingerprint density at radius 2 is 2.00 bits per heavy atom. The number of amides is 2. The van der Waals surface area contributed by atoms with E-state index in [-0.39, 0.29) is 12.5 Å². The minimum atomic E-state index is -4.27. The molecule has 26 heavy (non-hydrogen) atoms. The van der Waals surface area contributed by atoms with Gasteiger partial charge in [0.15, 0.2) is 0 Å². The van der Waals surface area contributed by atoms with Gasteiger partial charge in [-0.3, -0.25) is 9.59 Å². The molecule has 0 N–H and O–H groups in total. The summed E-state index contributed by atoms with van der Waals surface area (Å²) in [6.45, 7) is -0.0457. The molecule has 0 aromatic rings. The summed E-state index contributed by atoms with van der Waals surface area (Å²) in [6.07, 6.45) is 0.624. The molecular weight excluding hydrogens is 356 g/mol. The van der Waals surface area contributed by atoms with Gasteiger partial charge in [-0.05, 0) is 38.0 Å². The lowest BCUT2D eigenvalue weighted by molar-refractivity contribution is -0.170. The third-order valence-electron chi connectivity index (χ3n) is 5.55. The van der Waals surface area contributed by atoms with E-state index in [2.05, 4.69) is 4.74 Å². The zero-order valence-corrected chi connectivity index (χ0v) is 14.6. The molecule has 5 nitrogen and oxygen atoms in total. The van der Waals surface area contributed by atoms with Crippen LogP contribution in [0.1, 0.15) is 32.1 Å². The molecule has 2 amide bonds. The van der Waals surface area contributed by atoms with Gasteiger partial charge in [-0.1, -0.05) is 0 Å². The van der Waals surface area contributed by atoms with Gasteiger partial charge in [0.25, 0.3) is 0 Å². The Balaban J connectivity index is 1.50. The Morgan fingerprint density at radius 3 is 2.65 bits per heavy atom. The van der Waals surface area contributed by atoms with Crippen LogP contribution < -0.4 is 0 Å². The van der Waals surface area contributed by atoms with Crippen molar-refractivity contribution in [3.05, 3.63) is 0 Å².